The lowest BCUT2D eigenvalue weighted by Crippen LogP contribution is -2.25. The number of carbonyl (C=O) groups is 2. The monoisotopic (exact) mass is 399 g/mol. The second-order valence-electron chi connectivity index (χ2n) is 5.78. The van der Waals surface area contributed by atoms with Gasteiger partial charge in [-0.25, -0.2) is 0 Å². The fourth-order valence-corrected chi connectivity index (χ4v) is 3.37. The van der Waals surface area contributed by atoms with Crippen molar-refractivity contribution in [2.24, 2.45) is 0 Å². The Hall–Kier alpha value is -2.60. The Bertz CT molecular complexity index is 1020. The van der Waals surface area contributed by atoms with Gasteiger partial charge < -0.3 is 14.5 Å². The number of furan rings is 1. The van der Waals surface area contributed by atoms with Gasteiger partial charge in [-0.3, -0.25) is 9.59 Å². The second kappa shape index (κ2) is 6.04. The van der Waals surface area contributed by atoms with Gasteiger partial charge in [0, 0.05) is 21.0 Å². The number of amides is 1. The van der Waals surface area contributed by atoms with Gasteiger partial charge in [0.15, 0.2) is 12.4 Å². The molecule has 0 unspecified atom stereocenters. The summed E-state index contributed by atoms with van der Waals surface area (Å²) >= 11 is 3.45. The van der Waals surface area contributed by atoms with Crippen LogP contribution in [-0.2, 0) is 11.2 Å². The van der Waals surface area contributed by atoms with E-state index in [-0.39, 0.29) is 18.3 Å². The fraction of sp³-hybridized carbons (Fsp3) is 0.158. The molecule has 0 saturated carbocycles. The molecule has 0 saturated heterocycles. The number of fused-ring (bicyclic) bond motifs is 2. The highest BCUT2D eigenvalue weighted by atomic mass is 79.9. The predicted octanol–water partition coefficient (Wildman–Crippen LogP) is 4.32. The average Bonchev–Trinajstić information content (AvgIpc) is 2.98. The Morgan fingerprint density at radius 2 is 2.08 bits per heavy atom. The van der Waals surface area contributed by atoms with Gasteiger partial charge in [-0.05, 0) is 42.8 Å². The Kier molecular flexibility index (Phi) is 3.84. The van der Waals surface area contributed by atoms with Gasteiger partial charge in [-0.1, -0.05) is 22.9 Å². The van der Waals surface area contributed by atoms with Gasteiger partial charge in [0.05, 0.1) is 5.69 Å². The van der Waals surface area contributed by atoms with Crippen LogP contribution in [0.2, 0.25) is 0 Å². The summed E-state index contributed by atoms with van der Waals surface area (Å²) in [6, 6.07) is 10.7. The summed E-state index contributed by atoms with van der Waals surface area (Å²) in [4.78, 5) is 24.5. The van der Waals surface area contributed by atoms with Crippen molar-refractivity contribution in [1.82, 2.24) is 0 Å². The van der Waals surface area contributed by atoms with Crippen molar-refractivity contribution >= 4 is 44.3 Å². The number of ketones is 1. The summed E-state index contributed by atoms with van der Waals surface area (Å²) in [7, 11) is 0. The number of aryl methyl sites for hydroxylation is 1. The first-order valence-electron chi connectivity index (χ1n) is 7.89. The molecular weight excluding hydrogens is 386 g/mol. The van der Waals surface area contributed by atoms with E-state index >= 15 is 0 Å². The van der Waals surface area contributed by atoms with Crippen LogP contribution >= 0.6 is 15.9 Å². The maximum atomic E-state index is 13.0. The maximum absolute atomic E-state index is 13.0. The number of rotatable bonds is 3. The van der Waals surface area contributed by atoms with E-state index in [1.54, 1.807) is 18.2 Å². The summed E-state index contributed by atoms with van der Waals surface area (Å²) < 4.78 is 12.1. The highest BCUT2D eigenvalue weighted by Gasteiger charge is 2.23. The van der Waals surface area contributed by atoms with Crippen molar-refractivity contribution < 1.29 is 18.7 Å². The molecule has 1 aromatic heterocycles. The average molecular weight is 400 g/mol. The van der Waals surface area contributed by atoms with Crippen molar-refractivity contribution in [2.75, 3.05) is 11.9 Å². The van der Waals surface area contributed by atoms with E-state index in [4.69, 9.17) is 9.15 Å². The smallest absolute Gasteiger partial charge is 0.262 e. The molecule has 0 fully saturated rings. The van der Waals surface area contributed by atoms with E-state index in [1.165, 1.54) is 0 Å². The third-order valence-electron chi connectivity index (χ3n) is 4.19. The summed E-state index contributed by atoms with van der Waals surface area (Å²) in [6.45, 7) is 1.97. The number of hydrogen-bond acceptors (Lipinski definition) is 4. The van der Waals surface area contributed by atoms with E-state index in [2.05, 4.69) is 21.2 Å². The minimum Gasteiger partial charge on any atom is -0.482 e. The van der Waals surface area contributed by atoms with Crippen molar-refractivity contribution in [3.8, 4) is 5.75 Å². The van der Waals surface area contributed by atoms with Crippen LogP contribution < -0.4 is 10.1 Å². The van der Waals surface area contributed by atoms with Gasteiger partial charge in [0.2, 0.25) is 5.78 Å². The third-order valence-corrected chi connectivity index (χ3v) is 4.68. The van der Waals surface area contributed by atoms with Crippen molar-refractivity contribution in [3.63, 3.8) is 0 Å². The molecule has 1 aliphatic heterocycles. The highest BCUT2D eigenvalue weighted by Crippen LogP contribution is 2.33. The lowest BCUT2D eigenvalue weighted by molar-refractivity contribution is -0.118. The van der Waals surface area contributed by atoms with E-state index < -0.39 is 0 Å². The summed E-state index contributed by atoms with van der Waals surface area (Å²) in [6.07, 6.45) is 0.676. The summed E-state index contributed by atoms with van der Waals surface area (Å²) in [5.41, 5.74) is 2.49. The molecular formula is C19H14BrNO4. The normalized spacial score (nSPS) is 13.3. The first kappa shape index (κ1) is 15.9. The molecule has 2 heterocycles. The van der Waals surface area contributed by atoms with Crippen LogP contribution in [-0.4, -0.2) is 18.3 Å². The lowest BCUT2D eigenvalue weighted by Gasteiger charge is -2.18. The molecule has 5 nitrogen and oxygen atoms in total. The molecule has 0 atom stereocenters. The number of nitrogens with one attached hydrogen (secondary N) is 1. The van der Waals surface area contributed by atoms with E-state index in [0.717, 1.165) is 15.4 Å². The van der Waals surface area contributed by atoms with Crippen LogP contribution in [0.15, 0.2) is 45.3 Å². The SMILES string of the molecule is CCc1c(C(=O)c2ccc3c(c2)NC(=O)CO3)oc2ccc(Br)cc12. The predicted molar refractivity (Wildman–Crippen MR) is 97.3 cm³/mol. The van der Waals surface area contributed by atoms with Crippen LogP contribution in [0.3, 0.4) is 0 Å². The second-order valence-corrected chi connectivity index (χ2v) is 6.70. The van der Waals surface area contributed by atoms with Gasteiger partial charge in [0.1, 0.15) is 11.3 Å². The minimum atomic E-state index is -0.236. The minimum absolute atomic E-state index is 0.0152. The molecule has 126 valence electrons. The number of ether oxygens (including phenoxy) is 1. The molecule has 0 radical (unpaired) electrons. The summed E-state index contributed by atoms with van der Waals surface area (Å²) in [5, 5.41) is 3.64. The van der Waals surface area contributed by atoms with Crippen LogP contribution in [0.5, 0.6) is 5.75 Å². The zero-order valence-corrected chi connectivity index (χ0v) is 15.0. The molecule has 1 amide bonds. The molecule has 1 N–H and O–H groups in total. The maximum Gasteiger partial charge on any atom is 0.262 e. The van der Waals surface area contributed by atoms with E-state index in [1.807, 2.05) is 25.1 Å². The van der Waals surface area contributed by atoms with Gasteiger partial charge >= 0.3 is 0 Å². The molecule has 6 heteroatoms. The van der Waals surface area contributed by atoms with Crippen LogP contribution in [0.4, 0.5) is 5.69 Å². The molecule has 0 bridgehead atoms. The van der Waals surface area contributed by atoms with Crippen molar-refractivity contribution in [3.05, 3.63) is 57.8 Å². The fourth-order valence-electron chi connectivity index (χ4n) is 3.01. The molecule has 25 heavy (non-hydrogen) atoms. The Morgan fingerprint density at radius 3 is 2.88 bits per heavy atom. The molecule has 3 aromatic rings. The lowest BCUT2D eigenvalue weighted by atomic mass is 10.0. The van der Waals surface area contributed by atoms with Gasteiger partial charge in [-0.2, -0.15) is 0 Å². The molecule has 4 rings (SSSR count). The third kappa shape index (κ3) is 2.72. The number of benzene rings is 2. The van der Waals surface area contributed by atoms with Crippen LogP contribution in [0, 0.1) is 0 Å². The zero-order valence-electron chi connectivity index (χ0n) is 13.4. The van der Waals surface area contributed by atoms with E-state index in [0.29, 0.717) is 34.8 Å². The number of hydrogen-bond donors (Lipinski definition) is 1. The van der Waals surface area contributed by atoms with Gasteiger partial charge in [-0.15, -0.1) is 0 Å². The number of carbonyl (C=O) groups excluding carboxylic acids is 2. The topological polar surface area (TPSA) is 68.5 Å². The Morgan fingerprint density at radius 1 is 1.24 bits per heavy atom. The largest absolute Gasteiger partial charge is 0.482 e. The van der Waals surface area contributed by atoms with E-state index in [9.17, 15) is 9.59 Å². The quantitative estimate of drug-likeness (QED) is 0.665. The van der Waals surface area contributed by atoms with Crippen LogP contribution in [0.25, 0.3) is 11.0 Å². The van der Waals surface area contributed by atoms with Crippen molar-refractivity contribution in [2.45, 2.75) is 13.3 Å². The van der Waals surface area contributed by atoms with Crippen molar-refractivity contribution in [1.29, 1.82) is 0 Å². The Labute approximate surface area is 152 Å². The number of anilines is 1. The first-order valence-corrected chi connectivity index (χ1v) is 8.68. The number of halogens is 1. The molecule has 0 aliphatic carbocycles. The van der Waals surface area contributed by atoms with Gasteiger partial charge in [0.25, 0.3) is 5.91 Å². The standard InChI is InChI=1S/C19H14BrNO4/c1-2-12-13-8-11(20)4-6-15(13)25-19(12)18(23)10-3-5-16-14(7-10)21-17(22)9-24-16/h3-8H,2,9H2,1H3,(H,21,22). The molecule has 1 aliphatic rings. The Balaban J connectivity index is 1.80. The molecule has 0 spiro atoms. The zero-order chi connectivity index (χ0) is 17.6. The molecule has 2 aromatic carbocycles. The first-order chi connectivity index (χ1) is 12.1. The highest BCUT2D eigenvalue weighted by molar-refractivity contribution is 9.10. The van der Waals surface area contributed by atoms with Crippen LogP contribution in [0.1, 0.15) is 28.6 Å². The summed E-state index contributed by atoms with van der Waals surface area (Å²) in [5.74, 6) is 0.436.